The molecule has 2 N–H and O–H groups in total. The summed E-state index contributed by atoms with van der Waals surface area (Å²) in [7, 11) is -4.75. The lowest BCUT2D eigenvalue weighted by Crippen LogP contribution is -2.29. The van der Waals surface area contributed by atoms with Crippen LogP contribution in [0.5, 0.6) is 0 Å². The number of hydrogen-bond donors (Lipinski definition) is 2. The zero-order chi connectivity index (χ0) is 33.3. The first-order chi connectivity index (χ1) is 21.8. The number of phosphoric acid groups is 1. The van der Waals surface area contributed by atoms with Gasteiger partial charge in [0.15, 0.2) is 6.10 Å². The Bertz CT molecular complexity index is 792. The fourth-order valence-corrected chi connectivity index (χ4v) is 5.31. The maximum Gasteiger partial charge on any atom is 0.469 e. The van der Waals surface area contributed by atoms with Crippen molar-refractivity contribution in [3.05, 3.63) is 24.3 Å². The summed E-state index contributed by atoms with van der Waals surface area (Å²) in [6, 6.07) is 0. The normalized spacial score (nSPS) is 12.7. The van der Waals surface area contributed by atoms with Crippen LogP contribution in [0, 0.1) is 0 Å². The van der Waals surface area contributed by atoms with E-state index in [1.165, 1.54) is 70.6 Å². The highest BCUT2D eigenvalue weighted by Crippen LogP contribution is 2.36. The quantitative estimate of drug-likeness (QED) is 0.0309. The van der Waals surface area contributed by atoms with Crippen molar-refractivity contribution in [2.45, 2.75) is 180 Å². The molecule has 0 rings (SSSR count). The summed E-state index contributed by atoms with van der Waals surface area (Å²) in [6.45, 7) is 3.62. The highest BCUT2D eigenvalue weighted by Gasteiger charge is 2.22. The lowest BCUT2D eigenvalue weighted by molar-refractivity contribution is -0.161. The Kier molecular flexibility index (Phi) is 31.4. The molecule has 0 aliphatic carbocycles. The maximum atomic E-state index is 12.3. The fourth-order valence-electron chi connectivity index (χ4n) is 4.95. The predicted octanol–water partition coefficient (Wildman–Crippen LogP) is 10.5. The van der Waals surface area contributed by atoms with E-state index >= 15 is 0 Å². The van der Waals surface area contributed by atoms with Crippen molar-refractivity contribution in [3.63, 3.8) is 0 Å². The van der Waals surface area contributed by atoms with Gasteiger partial charge < -0.3 is 19.3 Å². The molecule has 264 valence electrons. The van der Waals surface area contributed by atoms with Crippen LogP contribution in [0.15, 0.2) is 24.3 Å². The van der Waals surface area contributed by atoms with Crippen molar-refractivity contribution < 1.29 is 37.9 Å². The molecule has 9 heteroatoms. The Morgan fingerprint density at radius 3 is 1.40 bits per heavy atom. The van der Waals surface area contributed by atoms with Gasteiger partial charge in [-0.2, -0.15) is 0 Å². The molecule has 1 atom stereocenters. The summed E-state index contributed by atoms with van der Waals surface area (Å²) in [5, 5.41) is 0. The fraction of sp³-hybridized carbons (Fsp3) is 0.833. The molecule has 0 aliphatic rings. The molecule has 45 heavy (non-hydrogen) atoms. The minimum absolute atomic E-state index is 0.202. The van der Waals surface area contributed by atoms with Crippen molar-refractivity contribution in [2.75, 3.05) is 13.2 Å². The number of rotatable bonds is 33. The van der Waals surface area contributed by atoms with Crippen molar-refractivity contribution in [1.29, 1.82) is 0 Å². The van der Waals surface area contributed by atoms with Crippen LogP contribution in [-0.2, 0) is 28.2 Å². The van der Waals surface area contributed by atoms with Crippen molar-refractivity contribution in [3.8, 4) is 0 Å². The molecule has 0 unspecified atom stereocenters. The number of hydrogen-bond acceptors (Lipinski definition) is 6. The average molecular weight is 659 g/mol. The van der Waals surface area contributed by atoms with E-state index in [1.54, 1.807) is 0 Å². The van der Waals surface area contributed by atoms with Crippen LogP contribution in [-0.4, -0.2) is 41.0 Å². The molecule has 8 nitrogen and oxygen atoms in total. The first-order valence-corrected chi connectivity index (χ1v) is 19.7. The Morgan fingerprint density at radius 2 is 0.933 bits per heavy atom. The second-order valence-corrected chi connectivity index (χ2v) is 13.4. The standard InChI is InChI=1S/C36H67O8P/c1-3-5-7-9-11-13-15-17-18-19-21-22-24-26-28-30-35(37)42-32-34(33-43-45(39,40)41)44-36(38)31-29-27-25-23-20-16-14-12-10-8-6-4-2/h12-15,34H,3-11,16-33H2,1-2H3,(H2,39,40,41)/b14-12+,15-13+/t34-/m1/s1. The summed E-state index contributed by atoms with van der Waals surface area (Å²) in [5.41, 5.74) is 0. The van der Waals surface area contributed by atoms with Crippen LogP contribution < -0.4 is 0 Å². The smallest absolute Gasteiger partial charge is 0.462 e. The lowest BCUT2D eigenvalue weighted by Gasteiger charge is -2.18. The third-order valence-corrected chi connectivity index (χ3v) is 8.18. The molecular formula is C36H67O8P. The zero-order valence-corrected chi connectivity index (χ0v) is 29.7. The van der Waals surface area contributed by atoms with Gasteiger partial charge in [-0.05, 0) is 64.2 Å². The molecule has 0 fully saturated rings. The molecule has 0 aromatic rings. The molecule has 0 saturated heterocycles. The summed E-state index contributed by atoms with van der Waals surface area (Å²) in [4.78, 5) is 42.6. The number of unbranched alkanes of at least 4 members (excludes halogenated alkanes) is 19. The van der Waals surface area contributed by atoms with Crippen LogP contribution >= 0.6 is 7.82 Å². The van der Waals surface area contributed by atoms with E-state index in [1.807, 2.05) is 0 Å². The minimum atomic E-state index is -4.75. The van der Waals surface area contributed by atoms with Crippen LogP contribution in [0.4, 0.5) is 0 Å². The van der Waals surface area contributed by atoms with Gasteiger partial charge in [0.25, 0.3) is 0 Å². The van der Waals surface area contributed by atoms with Crippen LogP contribution in [0.2, 0.25) is 0 Å². The largest absolute Gasteiger partial charge is 0.469 e. The SMILES string of the molecule is CCCCC/C=C/CCCCCCCC(=O)O[C@H](COC(=O)CCCCCCCCC/C=C/CCCCCC)COP(=O)(O)O. The number of esters is 2. The van der Waals surface area contributed by atoms with Gasteiger partial charge in [0.2, 0.25) is 0 Å². The molecule has 0 radical (unpaired) electrons. The molecule has 0 aromatic carbocycles. The predicted molar refractivity (Wildman–Crippen MR) is 184 cm³/mol. The monoisotopic (exact) mass is 658 g/mol. The first-order valence-electron chi connectivity index (χ1n) is 18.1. The van der Waals surface area contributed by atoms with Crippen LogP contribution in [0.3, 0.4) is 0 Å². The number of allylic oxidation sites excluding steroid dienone is 4. The first kappa shape index (κ1) is 43.5. The molecule has 0 aliphatic heterocycles. The third-order valence-electron chi connectivity index (χ3n) is 7.69. The van der Waals surface area contributed by atoms with Crippen molar-refractivity contribution in [1.82, 2.24) is 0 Å². The van der Waals surface area contributed by atoms with Gasteiger partial charge in [-0.15, -0.1) is 0 Å². The highest BCUT2D eigenvalue weighted by molar-refractivity contribution is 7.46. The second kappa shape index (κ2) is 32.5. The zero-order valence-electron chi connectivity index (χ0n) is 28.8. The Balaban J connectivity index is 3.98. The van der Waals surface area contributed by atoms with Gasteiger partial charge in [-0.25, -0.2) is 4.57 Å². The van der Waals surface area contributed by atoms with Gasteiger partial charge >= 0.3 is 19.8 Å². The van der Waals surface area contributed by atoms with Crippen LogP contribution in [0.25, 0.3) is 0 Å². The van der Waals surface area contributed by atoms with Gasteiger partial charge in [0.05, 0.1) is 6.61 Å². The number of carbonyl (C=O) groups is 2. The molecule has 0 aromatic heterocycles. The highest BCUT2D eigenvalue weighted by atomic mass is 31.2. The number of carbonyl (C=O) groups excluding carboxylic acids is 2. The Morgan fingerprint density at radius 1 is 0.556 bits per heavy atom. The Hall–Kier alpha value is -1.47. The summed E-state index contributed by atoms with van der Waals surface area (Å²) >= 11 is 0. The topological polar surface area (TPSA) is 119 Å². The number of phosphoric ester groups is 1. The van der Waals surface area contributed by atoms with E-state index in [2.05, 4.69) is 42.7 Å². The van der Waals surface area contributed by atoms with Crippen molar-refractivity contribution in [2.24, 2.45) is 0 Å². The summed E-state index contributed by atoms with van der Waals surface area (Å²) < 4.78 is 26.2. The lowest BCUT2D eigenvalue weighted by atomic mass is 10.1. The van der Waals surface area contributed by atoms with Crippen LogP contribution in [0.1, 0.15) is 174 Å². The molecule has 0 saturated carbocycles. The molecule has 0 spiro atoms. The Labute approximate surface area is 275 Å². The van der Waals surface area contributed by atoms with E-state index in [0.717, 1.165) is 70.6 Å². The number of ether oxygens (including phenoxy) is 2. The van der Waals surface area contributed by atoms with E-state index in [4.69, 9.17) is 19.3 Å². The summed E-state index contributed by atoms with van der Waals surface area (Å²) in [5.74, 6) is -0.900. The van der Waals surface area contributed by atoms with Gasteiger partial charge in [-0.1, -0.05) is 122 Å². The molecule has 0 amide bonds. The van der Waals surface area contributed by atoms with Gasteiger partial charge in [-0.3, -0.25) is 14.1 Å². The van der Waals surface area contributed by atoms with Gasteiger partial charge in [0.1, 0.15) is 6.61 Å². The van der Waals surface area contributed by atoms with E-state index < -0.39 is 32.5 Å². The average Bonchev–Trinajstić information content (AvgIpc) is 3.00. The second-order valence-electron chi connectivity index (χ2n) is 12.2. The van der Waals surface area contributed by atoms with E-state index in [9.17, 15) is 14.2 Å². The summed E-state index contributed by atoms with van der Waals surface area (Å²) in [6.07, 6.45) is 34.7. The molecule has 0 heterocycles. The minimum Gasteiger partial charge on any atom is -0.462 e. The van der Waals surface area contributed by atoms with E-state index in [0.29, 0.717) is 6.42 Å². The maximum absolute atomic E-state index is 12.3. The van der Waals surface area contributed by atoms with Crippen molar-refractivity contribution >= 4 is 19.8 Å². The van der Waals surface area contributed by atoms with E-state index in [-0.39, 0.29) is 19.4 Å². The van der Waals surface area contributed by atoms with Gasteiger partial charge in [0, 0.05) is 12.8 Å². The molecular weight excluding hydrogens is 591 g/mol. The molecule has 0 bridgehead atoms. The third kappa shape index (κ3) is 35.2.